The number of aromatic nitrogens is 1. The Morgan fingerprint density at radius 2 is 1.27 bits per heavy atom. The Kier molecular flexibility index (Phi) is 7.31. The van der Waals surface area contributed by atoms with E-state index in [2.05, 4.69) is 34.0 Å². The topological polar surface area (TPSA) is 107 Å². The second-order valence-corrected chi connectivity index (χ2v) is 8.42. The molecule has 4 rings (SSSR count). The minimum absolute atomic E-state index is 0.730. The van der Waals surface area contributed by atoms with E-state index in [-0.39, 0.29) is 0 Å². The van der Waals surface area contributed by atoms with Gasteiger partial charge in [0.05, 0.1) is 52.6 Å². The van der Waals surface area contributed by atoms with Crippen LogP contribution in [0.3, 0.4) is 0 Å². The van der Waals surface area contributed by atoms with Crippen LogP contribution in [0, 0.1) is 0 Å². The number of rotatable bonds is 5. The molecular formula is C23H27NO8S. The zero-order valence-corrected chi connectivity index (χ0v) is 20.2. The van der Waals surface area contributed by atoms with E-state index in [1.54, 1.807) is 28.4 Å². The van der Waals surface area contributed by atoms with Crippen LogP contribution in [-0.4, -0.2) is 48.5 Å². The molecule has 1 heterocycles. The summed E-state index contributed by atoms with van der Waals surface area (Å²) in [5.41, 5.74) is 6.12. The molecule has 0 unspecified atom stereocenters. The molecule has 2 aromatic carbocycles. The van der Waals surface area contributed by atoms with Crippen LogP contribution in [0.5, 0.6) is 23.0 Å². The summed E-state index contributed by atoms with van der Waals surface area (Å²) in [5.74, 6) is 2.99. The fraction of sp³-hybridized carbons (Fsp3) is 0.348. The Morgan fingerprint density at radius 1 is 0.758 bits per heavy atom. The highest BCUT2D eigenvalue weighted by Crippen LogP contribution is 2.41. The molecule has 1 aliphatic rings. The van der Waals surface area contributed by atoms with Crippen LogP contribution in [0.1, 0.15) is 11.3 Å². The molecule has 0 saturated carbocycles. The van der Waals surface area contributed by atoms with Crippen LogP contribution in [0.15, 0.2) is 30.3 Å². The van der Waals surface area contributed by atoms with Gasteiger partial charge in [-0.15, -0.1) is 0 Å². The van der Waals surface area contributed by atoms with Crippen LogP contribution >= 0.6 is 0 Å². The first-order chi connectivity index (χ1) is 15.7. The lowest BCUT2D eigenvalue weighted by atomic mass is 9.87. The number of benzene rings is 2. The highest BCUT2D eigenvalue weighted by molar-refractivity contribution is 7.80. The maximum Gasteiger partial charge on any atom is 0.217 e. The third-order valence-corrected chi connectivity index (χ3v) is 6.05. The van der Waals surface area contributed by atoms with E-state index in [4.69, 9.17) is 18.9 Å². The summed E-state index contributed by atoms with van der Waals surface area (Å²) in [4.78, 5) is 0. The molecule has 0 spiro atoms. The monoisotopic (exact) mass is 477 g/mol. The predicted octanol–water partition coefficient (Wildman–Crippen LogP) is 2.56. The van der Waals surface area contributed by atoms with Gasteiger partial charge in [-0.05, 0) is 41.8 Å². The minimum atomic E-state index is -4.41. The summed E-state index contributed by atoms with van der Waals surface area (Å²) in [6.45, 7) is 0. The number of fused-ring (bicyclic) bond motifs is 4. The maximum absolute atomic E-state index is 9.22. The van der Waals surface area contributed by atoms with Gasteiger partial charge in [0.2, 0.25) is 15.9 Å². The van der Waals surface area contributed by atoms with Crippen LogP contribution in [0.25, 0.3) is 22.0 Å². The molecule has 0 radical (unpaired) electrons. The Labute approximate surface area is 193 Å². The maximum atomic E-state index is 9.22. The third-order valence-electron chi connectivity index (χ3n) is 5.64. The average molecular weight is 478 g/mol. The molecule has 10 heteroatoms. The summed E-state index contributed by atoms with van der Waals surface area (Å²) in [6, 6.07) is 10.5. The normalized spacial score (nSPS) is 12.2. The van der Waals surface area contributed by atoms with Crippen LogP contribution in [0.4, 0.5) is 0 Å². The van der Waals surface area contributed by atoms with Gasteiger partial charge in [0, 0.05) is 6.42 Å². The van der Waals surface area contributed by atoms with Crippen molar-refractivity contribution in [3.63, 3.8) is 0 Å². The van der Waals surface area contributed by atoms with Crippen LogP contribution in [0.2, 0.25) is 0 Å². The van der Waals surface area contributed by atoms with Crippen molar-refractivity contribution in [1.29, 1.82) is 0 Å². The molecule has 1 aliphatic carbocycles. The van der Waals surface area contributed by atoms with Crippen molar-refractivity contribution in [2.45, 2.75) is 12.8 Å². The number of hydrogen-bond acceptors (Lipinski definition) is 8. The number of pyridine rings is 1. The number of aryl methyl sites for hydroxylation is 2. The van der Waals surface area contributed by atoms with Crippen molar-refractivity contribution < 1.29 is 40.7 Å². The Bertz CT molecular complexity index is 1290. The molecule has 9 nitrogen and oxygen atoms in total. The van der Waals surface area contributed by atoms with Gasteiger partial charge in [0.15, 0.2) is 28.7 Å². The van der Waals surface area contributed by atoms with E-state index in [1.807, 2.05) is 12.1 Å². The van der Waals surface area contributed by atoms with Gasteiger partial charge < -0.3 is 23.5 Å². The molecule has 0 N–H and O–H groups in total. The fourth-order valence-corrected chi connectivity index (χ4v) is 4.02. The van der Waals surface area contributed by atoms with Crippen molar-refractivity contribution >= 4 is 21.3 Å². The summed E-state index contributed by atoms with van der Waals surface area (Å²) in [7, 11) is 5.18. The summed E-state index contributed by atoms with van der Waals surface area (Å²) in [5, 5.41) is 1.11. The van der Waals surface area contributed by atoms with Crippen molar-refractivity contribution in [1.82, 2.24) is 0 Å². The number of methoxy groups -OCH3 is 4. The SMILES string of the molecule is COS(=O)(=O)[O-].COc1cc2c(cc1OC)-c1cc3cc(OC)c(OC)cc3[n+](C)c1CC2. The van der Waals surface area contributed by atoms with Crippen LogP contribution < -0.4 is 23.5 Å². The van der Waals surface area contributed by atoms with Gasteiger partial charge in [0.1, 0.15) is 7.05 Å². The van der Waals surface area contributed by atoms with Crippen molar-refractivity contribution in [2.24, 2.45) is 7.05 Å². The van der Waals surface area contributed by atoms with Crippen molar-refractivity contribution in [3.05, 3.63) is 41.6 Å². The van der Waals surface area contributed by atoms with E-state index >= 15 is 0 Å². The van der Waals surface area contributed by atoms with E-state index in [0.29, 0.717) is 0 Å². The lowest BCUT2D eigenvalue weighted by Gasteiger charge is -2.21. The van der Waals surface area contributed by atoms with E-state index in [9.17, 15) is 13.0 Å². The zero-order chi connectivity index (χ0) is 24.3. The predicted molar refractivity (Wildman–Crippen MR) is 121 cm³/mol. The third kappa shape index (κ3) is 4.97. The van der Waals surface area contributed by atoms with Gasteiger partial charge in [-0.3, -0.25) is 4.18 Å². The highest BCUT2D eigenvalue weighted by Gasteiger charge is 2.27. The first-order valence-electron chi connectivity index (χ1n) is 10.0. The molecule has 0 amide bonds. The second-order valence-electron chi connectivity index (χ2n) is 7.27. The molecule has 0 aliphatic heterocycles. The largest absolute Gasteiger partial charge is 0.726 e. The molecule has 178 valence electrons. The van der Waals surface area contributed by atoms with E-state index in [0.717, 1.165) is 53.9 Å². The number of nitrogens with zero attached hydrogens (tertiary/aromatic N) is 1. The van der Waals surface area contributed by atoms with Gasteiger partial charge in [-0.25, -0.2) is 8.42 Å². The molecule has 0 atom stereocenters. The quantitative estimate of drug-likeness (QED) is 0.314. The van der Waals surface area contributed by atoms with Gasteiger partial charge in [-0.1, -0.05) is 0 Å². The molecule has 33 heavy (non-hydrogen) atoms. The average Bonchev–Trinajstić information content (AvgIpc) is 2.82. The molecule has 0 saturated heterocycles. The zero-order valence-electron chi connectivity index (χ0n) is 19.4. The van der Waals surface area contributed by atoms with E-state index in [1.165, 1.54) is 22.4 Å². The van der Waals surface area contributed by atoms with E-state index < -0.39 is 10.4 Å². The summed E-state index contributed by atoms with van der Waals surface area (Å²) in [6.07, 6.45) is 1.94. The minimum Gasteiger partial charge on any atom is -0.726 e. The summed E-state index contributed by atoms with van der Waals surface area (Å²) < 4.78 is 55.3. The van der Waals surface area contributed by atoms with Crippen molar-refractivity contribution in [2.75, 3.05) is 35.5 Å². The van der Waals surface area contributed by atoms with Crippen LogP contribution in [-0.2, 0) is 34.5 Å². The lowest BCUT2D eigenvalue weighted by molar-refractivity contribution is -0.652. The van der Waals surface area contributed by atoms with Gasteiger partial charge in [0.25, 0.3) is 0 Å². The lowest BCUT2D eigenvalue weighted by Crippen LogP contribution is -2.36. The molecule has 1 aromatic heterocycles. The first-order valence-corrected chi connectivity index (χ1v) is 11.3. The standard InChI is InChI=1S/C22H24NO4.CH4O4S/c1-23-17-7-6-13-9-19(24-2)21(26-4)11-15(13)16(17)8-14-10-20(25-3)22(27-5)12-18(14)23;1-5-6(2,3)4/h8-12H,6-7H2,1-5H3;1H3,(H,2,3,4)/q+1;/p-1. The molecule has 3 aromatic rings. The number of ether oxygens (including phenoxy) is 4. The fourth-order valence-electron chi connectivity index (χ4n) is 4.02. The Balaban J connectivity index is 0.000000454. The smallest absolute Gasteiger partial charge is 0.217 e. The van der Waals surface area contributed by atoms with Crippen molar-refractivity contribution in [3.8, 4) is 34.1 Å². The van der Waals surface area contributed by atoms with Gasteiger partial charge in [-0.2, -0.15) is 4.57 Å². The molecule has 0 fully saturated rings. The summed E-state index contributed by atoms with van der Waals surface area (Å²) >= 11 is 0. The Hall–Kier alpha value is -3.08. The first kappa shape index (κ1) is 24.6. The van der Waals surface area contributed by atoms with Gasteiger partial charge >= 0.3 is 0 Å². The molecule has 0 bridgehead atoms. The number of hydrogen-bond donors (Lipinski definition) is 0. The molecular weight excluding hydrogens is 450 g/mol. The highest BCUT2D eigenvalue weighted by atomic mass is 32.3. The second kappa shape index (κ2) is 9.82. The Morgan fingerprint density at radius 3 is 1.82 bits per heavy atom.